The molecule has 0 bridgehead atoms. The zero-order valence-corrected chi connectivity index (χ0v) is 18.3. The molecule has 0 spiro atoms. The lowest BCUT2D eigenvalue weighted by molar-refractivity contribution is -0.421. The highest BCUT2D eigenvalue weighted by Crippen LogP contribution is 2.67. The van der Waals surface area contributed by atoms with Gasteiger partial charge in [0.2, 0.25) is 17.4 Å². The molecule has 0 saturated carbocycles. The topological polar surface area (TPSA) is 30.0 Å². The van der Waals surface area contributed by atoms with Crippen LogP contribution in [0.2, 0.25) is 0 Å². The fraction of sp³-hybridized carbons (Fsp3) is 0.368. The fourth-order valence-corrected chi connectivity index (χ4v) is 3.79. The molecule has 3 rings (SSSR count). The van der Waals surface area contributed by atoms with Crippen molar-refractivity contribution in [3.8, 4) is 0 Å². The van der Waals surface area contributed by atoms with Crippen molar-refractivity contribution in [2.75, 3.05) is 0 Å². The van der Waals surface area contributed by atoms with Crippen LogP contribution in [-0.2, 0) is 5.67 Å². The van der Waals surface area contributed by atoms with E-state index in [1.54, 1.807) is 0 Å². The second-order valence-corrected chi connectivity index (χ2v) is 8.14. The van der Waals surface area contributed by atoms with Gasteiger partial charge in [0.1, 0.15) is 5.69 Å². The number of Topliss-reactive ketones (excluding diaryl/α,β-unsaturated/α-hetero) is 1. The lowest BCUT2D eigenvalue weighted by Gasteiger charge is -2.49. The molecule has 0 N–H and O–H groups in total. The highest BCUT2D eigenvalue weighted by Gasteiger charge is 2.95. The van der Waals surface area contributed by atoms with E-state index in [0.29, 0.717) is 0 Å². The summed E-state index contributed by atoms with van der Waals surface area (Å²) in [5.74, 6) is -67.6. The fourth-order valence-electron chi connectivity index (χ4n) is 3.79. The average molecular weight is 657 g/mol. The Balaban J connectivity index is 2.70. The zero-order valence-electron chi connectivity index (χ0n) is 18.3. The number of hydrogen-bond acceptors (Lipinski definition) is 2. The van der Waals surface area contributed by atoms with Crippen molar-refractivity contribution < 1.29 is 97.0 Å². The van der Waals surface area contributed by atoms with E-state index in [1.165, 1.54) is 4.98 Å². The average Bonchev–Trinajstić information content (AvgIpc) is 2.86. The number of aromatic nitrogens is 1. The summed E-state index contributed by atoms with van der Waals surface area (Å²) < 4.78 is 295. The highest BCUT2D eigenvalue weighted by molar-refractivity contribution is 6.08. The van der Waals surface area contributed by atoms with E-state index >= 15 is 17.6 Å². The van der Waals surface area contributed by atoms with Crippen LogP contribution in [0.4, 0.5) is 92.2 Å². The van der Waals surface area contributed by atoms with Crippen molar-refractivity contribution in [3.05, 3.63) is 63.5 Å². The number of benzene rings is 1. The van der Waals surface area contributed by atoms with Crippen molar-refractivity contribution in [1.82, 2.24) is 4.98 Å². The molecule has 0 radical (unpaired) electrons. The molecule has 0 amide bonds. The summed E-state index contributed by atoms with van der Waals surface area (Å²) in [7, 11) is 0. The molecule has 234 valence electrons. The standard InChI is InChI=1S/C19F21NO/c20-3-1-2(4(21)6(23)5(3)22)13(28,10-8(25)7(24)9(26)12(27)41-10)15(30,31)14(29,11(1)42)16(32,33)17(34,35)18(36,37)19(38,39)40. The summed E-state index contributed by atoms with van der Waals surface area (Å²) in [6, 6.07) is 0. The minimum absolute atomic E-state index is 1.51. The number of pyridine rings is 1. The molecule has 42 heavy (non-hydrogen) atoms. The summed E-state index contributed by atoms with van der Waals surface area (Å²) in [6.07, 6.45) is -7.97. The molecule has 23 heteroatoms. The molecule has 1 aliphatic rings. The van der Waals surface area contributed by atoms with E-state index in [4.69, 9.17) is 0 Å². The number of hydrogen-bond donors (Lipinski definition) is 0. The first-order valence-corrected chi connectivity index (χ1v) is 9.62. The first kappa shape index (κ1) is 33.1. The van der Waals surface area contributed by atoms with Gasteiger partial charge in [-0.3, -0.25) is 4.79 Å². The maximum absolute atomic E-state index is 16.1. The second-order valence-electron chi connectivity index (χ2n) is 8.14. The van der Waals surface area contributed by atoms with E-state index in [9.17, 15) is 79.4 Å². The van der Waals surface area contributed by atoms with Gasteiger partial charge in [-0.1, -0.05) is 0 Å². The number of ketones is 1. The molecule has 1 heterocycles. The van der Waals surface area contributed by atoms with Gasteiger partial charge in [-0.25, -0.2) is 40.1 Å². The quantitative estimate of drug-likeness (QED) is 0.148. The van der Waals surface area contributed by atoms with Gasteiger partial charge in [0, 0.05) is 0 Å². The molecule has 1 aromatic carbocycles. The molecule has 1 aliphatic carbocycles. The summed E-state index contributed by atoms with van der Waals surface area (Å²) in [5.41, 5.74) is -26.8. The van der Waals surface area contributed by atoms with Gasteiger partial charge in [-0.2, -0.15) is 57.1 Å². The highest BCUT2D eigenvalue weighted by atomic mass is 19.4. The molecule has 0 fully saturated rings. The van der Waals surface area contributed by atoms with Crippen LogP contribution in [0.15, 0.2) is 0 Å². The van der Waals surface area contributed by atoms with E-state index in [2.05, 4.69) is 0 Å². The lowest BCUT2D eigenvalue weighted by Crippen LogP contribution is -2.78. The number of halogens is 21. The van der Waals surface area contributed by atoms with E-state index in [1.807, 2.05) is 0 Å². The van der Waals surface area contributed by atoms with Crippen LogP contribution < -0.4 is 0 Å². The summed E-state index contributed by atoms with van der Waals surface area (Å²) in [4.78, 5) is 13.8. The van der Waals surface area contributed by atoms with Gasteiger partial charge < -0.3 is 0 Å². The Labute approximate surface area is 213 Å². The maximum atomic E-state index is 16.1. The van der Waals surface area contributed by atoms with Gasteiger partial charge >= 0.3 is 35.5 Å². The van der Waals surface area contributed by atoms with Crippen LogP contribution in [-0.4, -0.2) is 46.3 Å². The molecule has 2 atom stereocenters. The van der Waals surface area contributed by atoms with Crippen LogP contribution in [0.25, 0.3) is 0 Å². The third-order valence-electron chi connectivity index (χ3n) is 5.90. The van der Waals surface area contributed by atoms with Crippen LogP contribution in [0.1, 0.15) is 21.6 Å². The van der Waals surface area contributed by atoms with Crippen LogP contribution in [0.5, 0.6) is 0 Å². The van der Waals surface area contributed by atoms with Gasteiger partial charge in [0.25, 0.3) is 11.6 Å². The van der Waals surface area contributed by atoms with Crippen LogP contribution >= 0.6 is 0 Å². The third kappa shape index (κ3) is 3.41. The first-order valence-electron chi connectivity index (χ1n) is 9.62. The number of rotatable bonds is 4. The van der Waals surface area contributed by atoms with Gasteiger partial charge in [-0.05, 0) is 0 Å². The third-order valence-corrected chi connectivity index (χ3v) is 5.90. The largest absolute Gasteiger partial charge is 0.460 e. The molecule has 2 aromatic rings. The summed E-state index contributed by atoms with van der Waals surface area (Å²) in [5, 5.41) is 0. The smallest absolute Gasteiger partial charge is 0.290 e. The maximum Gasteiger partial charge on any atom is 0.460 e. The monoisotopic (exact) mass is 657 g/mol. The van der Waals surface area contributed by atoms with Crippen molar-refractivity contribution in [2.45, 2.75) is 41.2 Å². The number of nitrogens with zero attached hydrogens (tertiary/aromatic N) is 1. The van der Waals surface area contributed by atoms with Gasteiger partial charge in [0.05, 0.1) is 11.1 Å². The Kier molecular flexibility index (Phi) is 6.93. The SMILES string of the molecule is O=C1c2c(F)c(F)c(F)c(F)c2C(F)(c2nc(F)c(F)c(F)c2F)C(F)(F)C1(F)C(F)(F)C(F)(F)C(F)(F)C(F)(F)F. The predicted molar refractivity (Wildman–Crippen MR) is 86.2 cm³/mol. The Morgan fingerprint density at radius 3 is 1.43 bits per heavy atom. The van der Waals surface area contributed by atoms with Crippen molar-refractivity contribution in [1.29, 1.82) is 0 Å². The van der Waals surface area contributed by atoms with E-state index in [-0.39, 0.29) is 0 Å². The van der Waals surface area contributed by atoms with Crippen molar-refractivity contribution in [2.24, 2.45) is 0 Å². The number of carbonyl (C=O) groups excluding carboxylic acids is 1. The van der Waals surface area contributed by atoms with Gasteiger partial charge in [-0.15, -0.1) is 0 Å². The molecular weight excluding hydrogens is 657 g/mol. The van der Waals surface area contributed by atoms with Crippen LogP contribution in [0, 0.1) is 46.7 Å². The van der Waals surface area contributed by atoms with Crippen molar-refractivity contribution in [3.63, 3.8) is 0 Å². The van der Waals surface area contributed by atoms with Crippen LogP contribution in [0.3, 0.4) is 0 Å². The first-order chi connectivity index (χ1) is 18.5. The predicted octanol–water partition coefficient (Wildman–Crippen LogP) is 7.42. The van der Waals surface area contributed by atoms with Gasteiger partial charge in [0.15, 0.2) is 29.1 Å². The molecule has 0 aliphatic heterocycles. The Hall–Kier alpha value is -3.43. The van der Waals surface area contributed by atoms with Crippen molar-refractivity contribution >= 4 is 5.78 Å². The Bertz CT molecular complexity index is 1510. The molecular formula is C19F21NO. The molecule has 2 nitrogen and oxygen atoms in total. The summed E-state index contributed by atoms with van der Waals surface area (Å²) >= 11 is 0. The molecule has 1 aromatic heterocycles. The number of carbonyl (C=O) groups is 1. The molecule has 0 saturated heterocycles. The minimum atomic E-state index is -8.74. The summed E-state index contributed by atoms with van der Waals surface area (Å²) in [6.45, 7) is 0. The minimum Gasteiger partial charge on any atom is -0.290 e. The Morgan fingerprint density at radius 2 is 0.976 bits per heavy atom. The van der Waals surface area contributed by atoms with E-state index in [0.717, 1.165) is 0 Å². The molecule has 2 unspecified atom stereocenters. The number of alkyl halides is 13. The van der Waals surface area contributed by atoms with E-state index < -0.39 is 110 Å². The second kappa shape index (κ2) is 8.80. The number of fused-ring (bicyclic) bond motifs is 1. The normalized spacial score (nSPS) is 23.3. The lowest BCUT2D eigenvalue weighted by atomic mass is 9.63. The Morgan fingerprint density at radius 1 is 0.548 bits per heavy atom. The zero-order chi connectivity index (χ0) is 33.1.